The van der Waals surface area contributed by atoms with Gasteiger partial charge in [-0.05, 0) is 54.8 Å². The molecule has 1 heterocycles. The maximum atomic E-state index is 13.2. The van der Waals surface area contributed by atoms with Crippen LogP contribution in [0.15, 0.2) is 95.2 Å². The van der Waals surface area contributed by atoms with Crippen molar-refractivity contribution < 1.29 is 19.5 Å². The Morgan fingerprint density at radius 1 is 0.925 bits per heavy atom. The van der Waals surface area contributed by atoms with E-state index in [0.717, 1.165) is 16.2 Å². The van der Waals surface area contributed by atoms with Gasteiger partial charge in [0.15, 0.2) is 5.13 Å². The zero-order chi connectivity index (χ0) is 28.2. The van der Waals surface area contributed by atoms with E-state index in [9.17, 15) is 19.5 Å². The summed E-state index contributed by atoms with van der Waals surface area (Å²) in [6.45, 7) is 1.79. The van der Waals surface area contributed by atoms with Crippen molar-refractivity contribution in [2.45, 2.75) is 17.1 Å². The number of carboxylic acids is 1. The van der Waals surface area contributed by atoms with Crippen LogP contribution in [0.25, 0.3) is 22.0 Å². The van der Waals surface area contributed by atoms with Crippen LogP contribution in [-0.2, 0) is 4.79 Å². The lowest BCUT2D eigenvalue weighted by atomic mass is 9.98. The van der Waals surface area contributed by atoms with E-state index < -0.39 is 17.1 Å². The number of fused-ring (bicyclic) bond motifs is 1. The Bertz CT molecular complexity index is 1730. The highest BCUT2D eigenvalue weighted by Gasteiger charge is 2.19. The maximum Gasteiger partial charge on any atom is 0.336 e. The summed E-state index contributed by atoms with van der Waals surface area (Å²) in [4.78, 5) is 43.1. The number of anilines is 2. The van der Waals surface area contributed by atoms with Gasteiger partial charge in [0.25, 0.3) is 5.91 Å². The molecular formula is C30H22ClN3O4S2. The quantitative estimate of drug-likeness (QED) is 0.161. The molecule has 0 fully saturated rings. The van der Waals surface area contributed by atoms with Crippen molar-refractivity contribution in [3.8, 4) is 11.3 Å². The minimum atomic E-state index is -1.10. The van der Waals surface area contributed by atoms with Crippen LogP contribution in [-0.4, -0.2) is 33.1 Å². The summed E-state index contributed by atoms with van der Waals surface area (Å²) in [6.07, 6.45) is 0. The molecule has 0 aliphatic rings. The summed E-state index contributed by atoms with van der Waals surface area (Å²) in [7, 11) is 0. The molecule has 200 valence electrons. The number of thioether (sulfide) groups is 1. The van der Waals surface area contributed by atoms with E-state index in [1.54, 1.807) is 67.6 Å². The van der Waals surface area contributed by atoms with E-state index >= 15 is 0 Å². The van der Waals surface area contributed by atoms with Gasteiger partial charge < -0.3 is 15.7 Å². The number of carbonyl (C=O) groups excluding carboxylic acids is 2. The van der Waals surface area contributed by atoms with Gasteiger partial charge in [0, 0.05) is 37.5 Å². The number of nitrogens with zero attached hydrogens (tertiary/aromatic N) is 1. The Balaban J connectivity index is 1.26. The molecule has 1 aromatic heterocycles. The third kappa shape index (κ3) is 6.17. The lowest BCUT2D eigenvalue weighted by Gasteiger charge is -2.13. The third-order valence-electron chi connectivity index (χ3n) is 6.03. The molecule has 4 aromatic carbocycles. The van der Waals surface area contributed by atoms with Gasteiger partial charge in [0.05, 0.1) is 16.5 Å². The number of aromatic carboxylic acids is 1. The van der Waals surface area contributed by atoms with Gasteiger partial charge in [-0.25, -0.2) is 9.78 Å². The van der Waals surface area contributed by atoms with Crippen molar-refractivity contribution >= 4 is 74.1 Å². The van der Waals surface area contributed by atoms with Crippen molar-refractivity contribution in [3.63, 3.8) is 0 Å². The first-order valence-electron chi connectivity index (χ1n) is 12.1. The Morgan fingerprint density at radius 2 is 1.62 bits per heavy atom. The number of halogens is 1. The minimum absolute atomic E-state index is 0.0629. The van der Waals surface area contributed by atoms with Crippen LogP contribution < -0.4 is 10.6 Å². The fourth-order valence-corrected chi connectivity index (χ4v) is 5.88. The predicted octanol–water partition coefficient (Wildman–Crippen LogP) is 7.69. The van der Waals surface area contributed by atoms with Gasteiger partial charge in [-0.1, -0.05) is 54.1 Å². The monoisotopic (exact) mass is 587 g/mol. The highest BCUT2D eigenvalue weighted by Crippen LogP contribution is 2.30. The molecule has 7 nitrogen and oxygen atoms in total. The molecule has 1 unspecified atom stereocenters. The summed E-state index contributed by atoms with van der Waals surface area (Å²) in [6, 6.07) is 24.5. The summed E-state index contributed by atoms with van der Waals surface area (Å²) >= 11 is 8.64. The number of aromatic nitrogens is 1. The zero-order valence-corrected chi connectivity index (χ0v) is 23.4. The molecule has 0 radical (unpaired) electrons. The summed E-state index contributed by atoms with van der Waals surface area (Å²) in [5, 5.41) is 19.0. The van der Waals surface area contributed by atoms with Crippen LogP contribution in [0.5, 0.6) is 0 Å². The van der Waals surface area contributed by atoms with E-state index in [-0.39, 0.29) is 17.0 Å². The largest absolute Gasteiger partial charge is 0.478 e. The van der Waals surface area contributed by atoms with E-state index in [0.29, 0.717) is 26.6 Å². The van der Waals surface area contributed by atoms with Crippen molar-refractivity contribution in [1.29, 1.82) is 0 Å². The van der Waals surface area contributed by atoms with Crippen LogP contribution in [0, 0.1) is 0 Å². The molecule has 0 spiro atoms. The molecule has 0 aliphatic carbocycles. The van der Waals surface area contributed by atoms with E-state index in [2.05, 4.69) is 15.6 Å². The molecule has 3 N–H and O–H groups in total. The van der Waals surface area contributed by atoms with Crippen molar-refractivity contribution in [2.24, 2.45) is 0 Å². The predicted molar refractivity (Wildman–Crippen MR) is 162 cm³/mol. The Labute approximate surface area is 243 Å². The molecule has 5 rings (SSSR count). The number of amides is 2. The number of carboxylic acid groups (broad SMARTS) is 1. The first-order chi connectivity index (χ1) is 19.3. The highest BCUT2D eigenvalue weighted by atomic mass is 35.5. The average Bonchev–Trinajstić information content (AvgIpc) is 3.41. The lowest BCUT2D eigenvalue weighted by molar-refractivity contribution is -0.115. The van der Waals surface area contributed by atoms with Crippen molar-refractivity contribution in [2.75, 3.05) is 10.6 Å². The van der Waals surface area contributed by atoms with Gasteiger partial charge in [0.2, 0.25) is 5.91 Å². The normalized spacial score (nSPS) is 11.7. The topological polar surface area (TPSA) is 108 Å². The van der Waals surface area contributed by atoms with E-state index in [1.165, 1.54) is 29.2 Å². The smallest absolute Gasteiger partial charge is 0.336 e. The summed E-state index contributed by atoms with van der Waals surface area (Å²) in [5.41, 5.74) is 2.52. The molecule has 10 heteroatoms. The van der Waals surface area contributed by atoms with Gasteiger partial charge in [-0.15, -0.1) is 23.1 Å². The fraction of sp³-hybridized carbons (Fsp3) is 0.0667. The number of hydrogen-bond acceptors (Lipinski definition) is 6. The van der Waals surface area contributed by atoms with Gasteiger partial charge in [-0.3, -0.25) is 9.59 Å². The van der Waals surface area contributed by atoms with Crippen LogP contribution in [0.4, 0.5) is 10.8 Å². The van der Waals surface area contributed by atoms with Crippen molar-refractivity contribution in [3.05, 3.63) is 106 Å². The third-order valence-corrected chi connectivity index (χ3v) is 8.13. The van der Waals surface area contributed by atoms with Crippen LogP contribution in [0.2, 0.25) is 5.02 Å². The summed E-state index contributed by atoms with van der Waals surface area (Å²) in [5.74, 6) is -1.73. The SMILES string of the molecule is CC(Sc1cccc(NC(=O)c2cccc3cccc(C(=O)O)c23)c1)C(=O)Nc1nc(-c2ccc(Cl)cc2)cs1. The molecule has 40 heavy (non-hydrogen) atoms. The van der Waals surface area contributed by atoms with E-state index in [1.807, 2.05) is 23.6 Å². The van der Waals surface area contributed by atoms with Crippen LogP contribution in [0.1, 0.15) is 27.6 Å². The second kappa shape index (κ2) is 11.9. The molecule has 0 saturated carbocycles. The number of nitrogens with one attached hydrogen (secondary N) is 2. The van der Waals surface area contributed by atoms with Gasteiger partial charge in [-0.2, -0.15) is 0 Å². The summed E-state index contributed by atoms with van der Waals surface area (Å²) < 4.78 is 0. The van der Waals surface area contributed by atoms with Gasteiger partial charge in [0.1, 0.15) is 0 Å². The number of benzene rings is 4. The standard InChI is InChI=1S/C30H22ClN3O4S2/c1-17(27(35)34-30-33-25(16-39-30)18-11-13-20(31)14-12-18)40-22-8-4-7-21(15-22)32-28(36)23-9-2-5-19-6-3-10-24(26(19)23)29(37)38/h2-17H,1H3,(H,32,36)(H,37,38)(H,33,34,35). The molecule has 0 bridgehead atoms. The van der Waals surface area contributed by atoms with E-state index in [4.69, 9.17) is 11.6 Å². The first-order valence-corrected chi connectivity index (χ1v) is 14.3. The number of hydrogen-bond donors (Lipinski definition) is 3. The second-order valence-corrected chi connectivity index (χ2v) is 11.5. The van der Waals surface area contributed by atoms with Crippen molar-refractivity contribution in [1.82, 2.24) is 4.98 Å². The molecule has 0 aliphatic heterocycles. The number of thiazole rings is 1. The molecule has 5 aromatic rings. The molecule has 1 atom stereocenters. The fourth-order valence-electron chi connectivity index (χ4n) is 4.10. The molecule has 2 amide bonds. The first kappa shape index (κ1) is 27.4. The molecule has 0 saturated heterocycles. The zero-order valence-electron chi connectivity index (χ0n) is 21.1. The molecular weight excluding hydrogens is 566 g/mol. The van der Waals surface area contributed by atoms with Crippen LogP contribution in [0.3, 0.4) is 0 Å². The lowest BCUT2D eigenvalue weighted by Crippen LogP contribution is -2.22. The number of carbonyl (C=O) groups is 3. The average molecular weight is 588 g/mol. The highest BCUT2D eigenvalue weighted by molar-refractivity contribution is 8.00. The Hall–Kier alpha value is -4.18. The maximum absolute atomic E-state index is 13.2. The van der Waals surface area contributed by atoms with Crippen LogP contribution >= 0.6 is 34.7 Å². The Kier molecular flexibility index (Phi) is 8.16. The minimum Gasteiger partial charge on any atom is -0.478 e. The van der Waals surface area contributed by atoms with Gasteiger partial charge >= 0.3 is 5.97 Å². The number of rotatable bonds is 8. The Morgan fingerprint density at radius 3 is 2.35 bits per heavy atom. The second-order valence-electron chi connectivity index (χ2n) is 8.79.